The van der Waals surface area contributed by atoms with Crippen LogP contribution < -0.4 is 0 Å². The van der Waals surface area contributed by atoms with Gasteiger partial charge in [0.05, 0.1) is 5.41 Å². The van der Waals surface area contributed by atoms with Crippen LogP contribution in [0.4, 0.5) is 0 Å². The van der Waals surface area contributed by atoms with Gasteiger partial charge >= 0.3 is 0 Å². The molecule has 1 aliphatic heterocycles. The lowest BCUT2D eigenvalue weighted by atomic mass is 9.70. The molecule has 1 aliphatic carbocycles. The number of hydrogen-bond acceptors (Lipinski definition) is 3. The van der Waals surface area contributed by atoms with E-state index in [0.717, 1.165) is 36.9 Å². The summed E-state index contributed by atoms with van der Waals surface area (Å²) >= 11 is 0. The van der Waals surface area contributed by atoms with Crippen LogP contribution in [0.1, 0.15) is 45.5 Å². The van der Waals surface area contributed by atoms with Crippen LogP contribution in [0.2, 0.25) is 0 Å². The van der Waals surface area contributed by atoms with Crippen molar-refractivity contribution in [2.45, 2.75) is 39.2 Å². The van der Waals surface area contributed by atoms with E-state index in [4.69, 9.17) is 5.11 Å². The molecular weight excluding hydrogens is 370 g/mol. The van der Waals surface area contributed by atoms with Crippen molar-refractivity contribution in [1.29, 1.82) is 0 Å². The Bertz CT molecular complexity index is 893. The molecule has 28 heavy (non-hydrogen) atoms. The van der Waals surface area contributed by atoms with E-state index in [1.165, 1.54) is 11.1 Å². The number of ketones is 1. The smallest absolute Gasteiger partial charge is 0.229 e. The van der Waals surface area contributed by atoms with Gasteiger partial charge in [0.1, 0.15) is 6.61 Å². The Kier molecular flexibility index (Phi) is 5.96. The molecule has 1 amide bonds. The molecule has 0 saturated carbocycles. The summed E-state index contributed by atoms with van der Waals surface area (Å²) in [5.41, 5.74) is 4.90. The van der Waals surface area contributed by atoms with E-state index >= 15 is 0 Å². The van der Waals surface area contributed by atoms with Gasteiger partial charge in [0, 0.05) is 18.7 Å². The molecule has 2 aromatic carbocycles. The van der Waals surface area contributed by atoms with Crippen LogP contribution in [0.5, 0.6) is 0 Å². The number of hydrogen-bond donors (Lipinski definition) is 1. The summed E-state index contributed by atoms with van der Waals surface area (Å²) in [7, 11) is 0. The van der Waals surface area contributed by atoms with Crippen molar-refractivity contribution in [3.8, 4) is 0 Å². The Morgan fingerprint density at radius 1 is 1.11 bits per heavy atom. The SMILES string of the molecule is Cc1ccc(CN2CC[C@@]3(CCc4ccc(C(=O)CO)cc4C3)C2=O)cc1.S. The van der Waals surface area contributed by atoms with E-state index in [9.17, 15) is 9.59 Å². The summed E-state index contributed by atoms with van der Waals surface area (Å²) in [6, 6.07) is 14.0. The fourth-order valence-electron chi connectivity index (χ4n) is 4.48. The molecule has 1 spiro atoms. The van der Waals surface area contributed by atoms with E-state index in [-0.39, 0.29) is 30.6 Å². The number of nitrogens with zero attached hydrogens (tertiary/aromatic N) is 1. The average Bonchev–Trinajstić information content (AvgIpc) is 2.98. The molecular formula is C23H27NO3S. The number of Topliss-reactive ketones (excluding diaryl/α,β-unsaturated/α-hetero) is 1. The second kappa shape index (κ2) is 8.10. The van der Waals surface area contributed by atoms with Gasteiger partial charge < -0.3 is 10.0 Å². The molecule has 0 radical (unpaired) electrons. The second-order valence-corrected chi connectivity index (χ2v) is 7.98. The van der Waals surface area contributed by atoms with Gasteiger partial charge in [-0.1, -0.05) is 42.0 Å². The van der Waals surface area contributed by atoms with E-state index in [1.807, 2.05) is 17.0 Å². The van der Waals surface area contributed by atoms with E-state index in [1.54, 1.807) is 6.07 Å². The highest BCUT2D eigenvalue weighted by Gasteiger charge is 2.47. The molecule has 1 saturated heterocycles. The summed E-state index contributed by atoms with van der Waals surface area (Å²) in [4.78, 5) is 27.1. The van der Waals surface area contributed by atoms with E-state index in [0.29, 0.717) is 18.5 Å². The van der Waals surface area contributed by atoms with Gasteiger partial charge in [-0.25, -0.2) is 0 Å². The lowest BCUT2D eigenvalue weighted by Gasteiger charge is -2.33. The Morgan fingerprint density at radius 2 is 1.86 bits per heavy atom. The maximum absolute atomic E-state index is 13.3. The minimum absolute atomic E-state index is 0. The number of carbonyl (C=O) groups is 2. The highest BCUT2D eigenvalue weighted by atomic mass is 32.1. The molecule has 1 fully saturated rings. The first-order valence-corrected chi connectivity index (χ1v) is 9.61. The third kappa shape index (κ3) is 3.74. The molecule has 148 valence electrons. The molecule has 0 unspecified atom stereocenters. The first-order valence-electron chi connectivity index (χ1n) is 9.61. The number of aliphatic hydroxyl groups is 1. The third-order valence-electron chi connectivity index (χ3n) is 6.17. The van der Waals surface area contributed by atoms with Gasteiger partial charge in [-0.15, -0.1) is 0 Å². The monoisotopic (exact) mass is 397 g/mol. The number of amides is 1. The van der Waals surface area contributed by atoms with Crippen molar-refractivity contribution < 1.29 is 14.7 Å². The van der Waals surface area contributed by atoms with Crippen LogP contribution in [0, 0.1) is 12.3 Å². The predicted octanol–water partition coefficient (Wildman–Crippen LogP) is 3.19. The molecule has 4 rings (SSSR count). The number of rotatable bonds is 4. The fraction of sp³-hybridized carbons (Fsp3) is 0.391. The maximum atomic E-state index is 13.3. The van der Waals surface area contributed by atoms with E-state index in [2.05, 4.69) is 31.2 Å². The summed E-state index contributed by atoms with van der Waals surface area (Å²) in [6.45, 7) is 3.04. The summed E-state index contributed by atoms with van der Waals surface area (Å²) in [5, 5.41) is 9.12. The average molecular weight is 398 g/mol. The molecule has 4 nitrogen and oxygen atoms in total. The minimum atomic E-state index is -0.479. The third-order valence-corrected chi connectivity index (χ3v) is 6.17. The summed E-state index contributed by atoms with van der Waals surface area (Å²) in [6.07, 6.45) is 3.30. The van der Waals surface area contributed by atoms with Crippen LogP contribution in [0.25, 0.3) is 0 Å². The topological polar surface area (TPSA) is 57.6 Å². The van der Waals surface area contributed by atoms with E-state index < -0.39 is 6.61 Å². The van der Waals surface area contributed by atoms with Crippen molar-refractivity contribution in [2.75, 3.05) is 13.2 Å². The van der Waals surface area contributed by atoms with Crippen LogP contribution in [-0.2, 0) is 24.2 Å². The Hall–Kier alpha value is -2.11. The number of aliphatic hydroxyl groups excluding tert-OH is 1. The van der Waals surface area contributed by atoms with Gasteiger partial charge in [0.2, 0.25) is 5.91 Å². The highest BCUT2D eigenvalue weighted by molar-refractivity contribution is 7.59. The molecule has 5 heteroatoms. The first kappa shape index (κ1) is 20.6. The molecule has 2 aromatic rings. The van der Waals surface area contributed by atoms with Gasteiger partial charge in [-0.2, -0.15) is 13.5 Å². The molecule has 0 bridgehead atoms. The standard InChI is InChI=1S/C23H25NO3.H2S/c1-16-2-4-17(5-3-16)14-24-11-10-23(22(24)27)9-8-18-6-7-19(21(26)15-25)12-20(18)13-23;/h2-7,12,25H,8-11,13-15H2,1H3;1H2/t23-;/m1./s1. The molecule has 1 atom stereocenters. The zero-order chi connectivity index (χ0) is 19.0. The van der Waals surface area contributed by atoms with Gasteiger partial charge in [0.15, 0.2) is 5.78 Å². The Labute approximate surface area is 173 Å². The largest absolute Gasteiger partial charge is 0.388 e. The molecule has 2 aliphatic rings. The number of benzene rings is 2. The van der Waals surface area contributed by atoms with Crippen molar-refractivity contribution in [1.82, 2.24) is 4.90 Å². The molecule has 1 N–H and O–H groups in total. The van der Waals surface area contributed by atoms with Gasteiger partial charge in [-0.05, 0) is 55.4 Å². The van der Waals surface area contributed by atoms with Gasteiger partial charge in [0.25, 0.3) is 0 Å². The summed E-state index contributed by atoms with van der Waals surface area (Å²) < 4.78 is 0. The number of carbonyl (C=O) groups excluding carboxylic acids is 2. The highest BCUT2D eigenvalue weighted by Crippen LogP contribution is 2.44. The zero-order valence-electron chi connectivity index (χ0n) is 16.2. The second-order valence-electron chi connectivity index (χ2n) is 7.98. The lowest BCUT2D eigenvalue weighted by Crippen LogP contribution is -2.38. The maximum Gasteiger partial charge on any atom is 0.229 e. The minimum Gasteiger partial charge on any atom is -0.388 e. The normalized spacial score (nSPS) is 20.8. The Balaban J connectivity index is 0.00000225. The Morgan fingerprint density at radius 3 is 2.57 bits per heavy atom. The quantitative estimate of drug-likeness (QED) is 0.806. The number of fused-ring (bicyclic) bond motifs is 1. The number of aryl methyl sites for hydroxylation is 2. The van der Waals surface area contributed by atoms with Crippen molar-refractivity contribution >= 4 is 25.2 Å². The molecule has 1 heterocycles. The van der Waals surface area contributed by atoms with Crippen molar-refractivity contribution in [2.24, 2.45) is 5.41 Å². The van der Waals surface area contributed by atoms with Crippen molar-refractivity contribution in [3.63, 3.8) is 0 Å². The van der Waals surface area contributed by atoms with Gasteiger partial charge in [-0.3, -0.25) is 9.59 Å². The van der Waals surface area contributed by atoms with Crippen LogP contribution >= 0.6 is 13.5 Å². The zero-order valence-corrected chi connectivity index (χ0v) is 17.2. The van der Waals surface area contributed by atoms with Crippen molar-refractivity contribution in [3.05, 3.63) is 70.3 Å². The summed E-state index contributed by atoms with van der Waals surface area (Å²) in [5.74, 6) is -0.0243. The number of likely N-dealkylation sites (tertiary alicyclic amines) is 1. The van der Waals surface area contributed by atoms with Crippen LogP contribution in [0.15, 0.2) is 42.5 Å². The van der Waals surface area contributed by atoms with Crippen LogP contribution in [-0.4, -0.2) is 34.8 Å². The predicted molar refractivity (Wildman–Crippen MR) is 114 cm³/mol. The lowest BCUT2D eigenvalue weighted by molar-refractivity contribution is -0.137. The molecule has 0 aromatic heterocycles. The fourth-order valence-corrected chi connectivity index (χ4v) is 4.48. The first-order chi connectivity index (χ1) is 13.0. The van der Waals surface area contributed by atoms with Crippen LogP contribution in [0.3, 0.4) is 0 Å².